The van der Waals surface area contributed by atoms with Gasteiger partial charge >= 0.3 is 18.2 Å². The minimum Gasteiger partial charge on any atom is -0.475 e. The summed E-state index contributed by atoms with van der Waals surface area (Å²) in [7, 11) is 0. The van der Waals surface area contributed by atoms with Crippen molar-refractivity contribution in [1.82, 2.24) is 10.2 Å². The zero-order chi connectivity index (χ0) is 32.6. The van der Waals surface area contributed by atoms with Gasteiger partial charge in [-0.3, -0.25) is 0 Å². The zero-order valence-electron chi connectivity index (χ0n) is 25.6. The van der Waals surface area contributed by atoms with E-state index >= 15 is 0 Å². The third-order valence-corrected chi connectivity index (χ3v) is 6.92. The molecule has 2 aliphatic rings. The smallest absolute Gasteiger partial charge is 0.475 e. The van der Waals surface area contributed by atoms with E-state index in [1.165, 1.54) is 24.0 Å². The highest BCUT2D eigenvalue weighted by molar-refractivity contribution is 6.30. The fraction of sp³-hybridized carbons (Fsp3) is 0.548. The lowest BCUT2D eigenvalue weighted by atomic mass is 9.90. The molecule has 2 heterocycles. The summed E-state index contributed by atoms with van der Waals surface area (Å²) in [4.78, 5) is 22.7. The van der Waals surface area contributed by atoms with Crippen molar-refractivity contribution in [2.45, 2.75) is 83.9 Å². The van der Waals surface area contributed by atoms with Gasteiger partial charge in [-0.15, -0.1) is 0 Å². The van der Waals surface area contributed by atoms with Crippen LogP contribution in [0.25, 0.3) is 0 Å². The summed E-state index contributed by atoms with van der Waals surface area (Å²) in [5.74, 6) is -1.52. The van der Waals surface area contributed by atoms with Crippen molar-refractivity contribution in [2.24, 2.45) is 0 Å². The SMILES string of the molecule is CC(C)(C)OC(=O)N1CCC(c2ccc(Cl)cc2)CC1.Clc1ccc(C2CCNCC2)cc1.O=C(O)C(F)(F)F.[2H]CC. The molecule has 0 aromatic heterocycles. The van der Waals surface area contributed by atoms with Crippen LogP contribution in [0, 0.1) is 0 Å². The molecule has 2 aromatic rings. The van der Waals surface area contributed by atoms with E-state index in [0.29, 0.717) is 12.8 Å². The van der Waals surface area contributed by atoms with Crippen LogP contribution in [0.4, 0.5) is 18.0 Å². The van der Waals surface area contributed by atoms with E-state index in [1.54, 1.807) is 11.8 Å². The molecule has 0 saturated carbocycles. The average molecular weight is 637 g/mol. The van der Waals surface area contributed by atoms with Gasteiger partial charge in [0.25, 0.3) is 0 Å². The van der Waals surface area contributed by atoms with Crippen LogP contribution in [0.3, 0.4) is 0 Å². The van der Waals surface area contributed by atoms with Crippen LogP contribution in [0.2, 0.25) is 10.0 Å². The number of nitrogens with zero attached hydrogens (tertiary/aromatic N) is 1. The first kappa shape index (κ1) is 35.7. The Morgan fingerprint density at radius 3 is 1.57 bits per heavy atom. The van der Waals surface area contributed by atoms with E-state index in [1.807, 2.05) is 45.0 Å². The van der Waals surface area contributed by atoms with Crippen molar-refractivity contribution in [2.75, 3.05) is 26.2 Å². The zero-order valence-corrected chi connectivity index (χ0v) is 26.2. The predicted molar refractivity (Wildman–Crippen MR) is 163 cm³/mol. The Balaban J connectivity index is 0.000000343. The number of carboxylic acids is 1. The molecule has 11 heteroatoms. The lowest BCUT2D eigenvalue weighted by Crippen LogP contribution is -2.41. The first-order chi connectivity index (χ1) is 20.1. The number of halogens is 5. The number of hydrogen-bond acceptors (Lipinski definition) is 4. The molecule has 42 heavy (non-hydrogen) atoms. The number of aliphatic carboxylic acids is 1. The summed E-state index contributed by atoms with van der Waals surface area (Å²) in [6, 6.07) is 16.3. The molecular formula is C31H43Cl2F3N2O4. The molecule has 2 fully saturated rings. The first-order valence-electron chi connectivity index (χ1n) is 14.6. The molecule has 6 nitrogen and oxygen atoms in total. The van der Waals surface area contributed by atoms with Crippen LogP contribution >= 0.6 is 23.2 Å². The highest BCUT2D eigenvalue weighted by Gasteiger charge is 2.38. The van der Waals surface area contributed by atoms with Crippen LogP contribution in [-0.4, -0.2) is 60.0 Å². The number of amides is 1. The molecule has 0 radical (unpaired) electrons. The maximum atomic E-state index is 12.0. The Labute approximate surface area is 258 Å². The standard InChI is InChI=1S/C16H22ClNO2.C11H14ClN.C2HF3O2.C2H6/c1-16(2,3)20-15(19)18-10-8-13(9-11-18)12-4-6-14(17)7-5-12;12-11-3-1-9(2-4-11)10-5-7-13-8-6-10;3-2(4,5)1(6)7;1-2/h4-7,13H,8-11H2,1-3H3;1-4,10,13H,5-8H2;(H,6,7);1-2H3/i;;;1D. The number of alkyl halides is 3. The number of carboxylic acid groups (broad SMARTS) is 1. The van der Waals surface area contributed by atoms with E-state index in [2.05, 4.69) is 29.6 Å². The topological polar surface area (TPSA) is 78.9 Å². The second kappa shape index (κ2) is 18.2. The van der Waals surface area contributed by atoms with Crippen molar-refractivity contribution in [1.29, 1.82) is 0 Å². The molecule has 2 saturated heterocycles. The second-order valence-electron chi connectivity index (χ2n) is 10.7. The molecule has 0 aliphatic carbocycles. The van der Waals surface area contributed by atoms with Crippen molar-refractivity contribution in [3.05, 3.63) is 69.7 Å². The molecule has 0 bridgehead atoms. The lowest BCUT2D eigenvalue weighted by Gasteiger charge is -2.33. The number of nitrogens with one attached hydrogen (secondary N) is 1. The summed E-state index contributed by atoms with van der Waals surface area (Å²) in [5, 5.41) is 12.1. The summed E-state index contributed by atoms with van der Waals surface area (Å²) in [5.41, 5.74) is 2.31. The monoisotopic (exact) mass is 635 g/mol. The summed E-state index contributed by atoms with van der Waals surface area (Å²) in [6.45, 7) is 11.8. The maximum Gasteiger partial charge on any atom is 0.490 e. The maximum absolute atomic E-state index is 12.0. The highest BCUT2D eigenvalue weighted by atomic mass is 35.5. The molecule has 2 aromatic carbocycles. The number of carbonyl (C=O) groups excluding carboxylic acids is 1. The number of carbonyl (C=O) groups is 2. The molecule has 1 amide bonds. The molecule has 236 valence electrons. The van der Waals surface area contributed by atoms with Gasteiger partial charge in [-0.25, -0.2) is 9.59 Å². The second-order valence-corrected chi connectivity index (χ2v) is 11.5. The van der Waals surface area contributed by atoms with Gasteiger partial charge in [0.2, 0.25) is 0 Å². The molecule has 2 N–H and O–H groups in total. The van der Waals surface area contributed by atoms with Gasteiger partial charge < -0.3 is 20.1 Å². The van der Waals surface area contributed by atoms with Crippen LogP contribution < -0.4 is 5.32 Å². The van der Waals surface area contributed by atoms with Gasteiger partial charge in [0.05, 0.1) is 0 Å². The fourth-order valence-corrected chi connectivity index (χ4v) is 4.60. The summed E-state index contributed by atoms with van der Waals surface area (Å²) >= 11 is 11.7. The summed E-state index contributed by atoms with van der Waals surface area (Å²) < 4.78 is 43.3. The molecule has 0 unspecified atom stereocenters. The quantitative estimate of drug-likeness (QED) is 0.344. The Morgan fingerprint density at radius 2 is 1.24 bits per heavy atom. The van der Waals surface area contributed by atoms with Gasteiger partial charge in [-0.2, -0.15) is 13.2 Å². The first-order valence-corrected chi connectivity index (χ1v) is 14.6. The normalized spacial score (nSPS) is 16.3. The molecule has 0 spiro atoms. The Hall–Kier alpha value is -2.49. The van der Waals surface area contributed by atoms with Crippen molar-refractivity contribution < 1.29 is 34.0 Å². The van der Waals surface area contributed by atoms with E-state index in [0.717, 1.165) is 55.0 Å². The molecule has 2 aliphatic heterocycles. The molecule has 0 atom stereocenters. The minimum atomic E-state index is -5.08. The van der Waals surface area contributed by atoms with Crippen LogP contribution in [0.15, 0.2) is 48.5 Å². The number of piperidine rings is 2. The Morgan fingerprint density at radius 1 is 0.881 bits per heavy atom. The van der Waals surface area contributed by atoms with Gasteiger partial charge in [-0.1, -0.05) is 61.3 Å². The average Bonchev–Trinajstić information content (AvgIpc) is 2.94. The lowest BCUT2D eigenvalue weighted by molar-refractivity contribution is -0.192. The predicted octanol–water partition coefficient (Wildman–Crippen LogP) is 8.92. The van der Waals surface area contributed by atoms with Gasteiger partial charge in [0.15, 0.2) is 0 Å². The number of benzene rings is 2. The fourth-order valence-electron chi connectivity index (χ4n) is 4.35. The van der Waals surface area contributed by atoms with Crippen LogP contribution in [0.5, 0.6) is 0 Å². The van der Waals surface area contributed by atoms with Crippen LogP contribution in [0.1, 0.15) is 84.6 Å². The van der Waals surface area contributed by atoms with Crippen LogP contribution in [-0.2, 0) is 9.53 Å². The van der Waals surface area contributed by atoms with Gasteiger partial charge in [0.1, 0.15) is 5.60 Å². The number of rotatable bonds is 2. The third kappa shape index (κ3) is 14.6. The summed E-state index contributed by atoms with van der Waals surface area (Å²) in [6.07, 6.45) is -0.836. The van der Waals surface area contributed by atoms with E-state index in [4.69, 9.17) is 39.2 Å². The van der Waals surface area contributed by atoms with Crippen molar-refractivity contribution in [3.8, 4) is 0 Å². The molecular weight excluding hydrogens is 592 g/mol. The Bertz CT molecular complexity index is 1080. The van der Waals surface area contributed by atoms with Gasteiger partial charge in [0, 0.05) is 24.5 Å². The number of likely N-dealkylation sites (tertiary alicyclic amines) is 1. The van der Waals surface area contributed by atoms with E-state index in [-0.39, 0.29) is 6.09 Å². The highest BCUT2D eigenvalue weighted by Crippen LogP contribution is 2.29. The van der Waals surface area contributed by atoms with E-state index in [9.17, 15) is 18.0 Å². The minimum absolute atomic E-state index is 0.202. The van der Waals surface area contributed by atoms with E-state index < -0.39 is 17.7 Å². The van der Waals surface area contributed by atoms with Crippen molar-refractivity contribution in [3.63, 3.8) is 0 Å². The number of ether oxygens (including phenoxy) is 1. The van der Waals surface area contributed by atoms with Crippen molar-refractivity contribution >= 4 is 35.3 Å². The van der Waals surface area contributed by atoms with Gasteiger partial charge in [-0.05, 0) is 107 Å². The molecule has 4 rings (SSSR count). The largest absolute Gasteiger partial charge is 0.490 e. The Kier molecular flexibility index (Phi) is 15.5. The third-order valence-electron chi connectivity index (χ3n) is 6.41. The number of hydrogen-bond donors (Lipinski definition) is 2.